The van der Waals surface area contributed by atoms with Crippen molar-refractivity contribution in [3.8, 4) is 0 Å². The monoisotopic (exact) mass is 479 g/mol. The van der Waals surface area contributed by atoms with Gasteiger partial charge in [0.05, 0.1) is 9.95 Å². The van der Waals surface area contributed by atoms with Gasteiger partial charge in [0.1, 0.15) is 4.90 Å². The minimum absolute atomic E-state index is 0.0166. The molecule has 31 heavy (non-hydrogen) atoms. The van der Waals surface area contributed by atoms with Crippen molar-refractivity contribution in [1.82, 2.24) is 5.32 Å². The number of carbonyl (C=O) groups excluding carboxylic acids is 1. The summed E-state index contributed by atoms with van der Waals surface area (Å²) in [6.07, 6.45) is 0. The molecule has 0 aliphatic carbocycles. The third-order valence-electron chi connectivity index (χ3n) is 4.21. The molecule has 0 radical (unpaired) electrons. The van der Waals surface area contributed by atoms with Crippen LogP contribution in [0, 0.1) is 10.1 Å². The minimum Gasteiger partial charge on any atom is -0.348 e. The van der Waals surface area contributed by atoms with Crippen LogP contribution >= 0.6 is 23.2 Å². The van der Waals surface area contributed by atoms with Crippen molar-refractivity contribution < 1.29 is 18.1 Å². The van der Waals surface area contributed by atoms with Crippen LogP contribution in [0.1, 0.15) is 15.9 Å². The highest BCUT2D eigenvalue weighted by Gasteiger charge is 2.19. The summed E-state index contributed by atoms with van der Waals surface area (Å²) in [7, 11) is -3.99. The maximum Gasteiger partial charge on any atom is 0.274 e. The Hall–Kier alpha value is -3.14. The number of hydrogen-bond acceptors (Lipinski definition) is 5. The van der Waals surface area contributed by atoms with Gasteiger partial charge in [-0.1, -0.05) is 41.4 Å². The Balaban J connectivity index is 1.69. The molecule has 2 N–H and O–H groups in total. The van der Waals surface area contributed by atoms with Crippen molar-refractivity contribution in [1.29, 1.82) is 0 Å². The van der Waals surface area contributed by atoms with Crippen LogP contribution in [0.15, 0.2) is 71.6 Å². The third kappa shape index (κ3) is 5.52. The highest BCUT2D eigenvalue weighted by Crippen LogP contribution is 2.27. The van der Waals surface area contributed by atoms with E-state index in [-0.39, 0.29) is 38.4 Å². The number of carbonyl (C=O) groups is 1. The lowest BCUT2D eigenvalue weighted by Gasteiger charge is -2.11. The molecule has 0 aromatic heterocycles. The van der Waals surface area contributed by atoms with E-state index >= 15 is 0 Å². The van der Waals surface area contributed by atoms with E-state index in [1.54, 1.807) is 18.2 Å². The van der Waals surface area contributed by atoms with E-state index < -0.39 is 20.9 Å². The number of nitro benzene ring substituents is 1. The lowest BCUT2D eigenvalue weighted by Crippen LogP contribution is -2.23. The van der Waals surface area contributed by atoms with Crippen LogP contribution in [-0.4, -0.2) is 19.2 Å². The molecule has 3 aromatic rings. The number of sulfonamides is 1. The van der Waals surface area contributed by atoms with Crippen molar-refractivity contribution >= 4 is 50.5 Å². The van der Waals surface area contributed by atoms with Crippen LogP contribution in [0.3, 0.4) is 0 Å². The topological polar surface area (TPSA) is 118 Å². The maximum absolute atomic E-state index is 12.6. The van der Waals surface area contributed by atoms with Gasteiger partial charge in [0.25, 0.3) is 21.6 Å². The van der Waals surface area contributed by atoms with Gasteiger partial charge in [-0.05, 0) is 42.5 Å². The quantitative estimate of drug-likeness (QED) is 0.378. The fourth-order valence-electron chi connectivity index (χ4n) is 2.70. The Morgan fingerprint density at radius 3 is 2.35 bits per heavy atom. The Labute approximate surface area is 188 Å². The molecule has 1 amide bonds. The predicted molar refractivity (Wildman–Crippen MR) is 118 cm³/mol. The van der Waals surface area contributed by atoms with E-state index in [1.165, 1.54) is 48.5 Å². The molecule has 0 fully saturated rings. The Morgan fingerprint density at radius 1 is 1.00 bits per heavy atom. The van der Waals surface area contributed by atoms with Crippen LogP contribution in [0.25, 0.3) is 0 Å². The lowest BCUT2D eigenvalue weighted by atomic mass is 10.1. The number of nitrogens with zero attached hydrogens (tertiary/aromatic N) is 1. The summed E-state index contributed by atoms with van der Waals surface area (Å²) in [6, 6.07) is 15.8. The number of benzene rings is 3. The van der Waals surface area contributed by atoms with Gasteiger partial charge in [0.2, 0.25) is 0 Å². The van der Waals surface area contributed by atoms with E-state index in [0.717, 1.165) is 0 Å². The molecule has 0 aliphatic heterocycles. The van der Waals surface area contributed by atoms with E-state index in [0.29, 0.717) is 5.56 Å². The smallest absolute Gasteiger partial charge is 0.274 e. The fraction of sp³-hybridized carbons (Fsp3) is 0.0500. The number of nitrogens with one attached hydrogen (secondary N) is 2. The second kappa shape index (κ2) is 9.34. The molecular weight excluding hydrogens is 465 g/mol. The van der Waals surface area contributed by atoms with E-state index in [9.17, 15) is 23.3 Å². The van der Waals surface area contributed by atoms with E-state index in [4.69, 9.17) is 23.2 Å². The molecule has 11 heteroatoms. The van der Waals surface area contributed by atoms with Crippen LogP contribution < -0.4 is 10.0 Å². The predicted octanol–water partition coefficient (Wildman–Crippen LogP) is 4.63. The minimum atomic E-state index is -3.99. The lowest BCUT2D eigenvalue weighted by molar-refractivity contribution is -0.385. The molecule has 0 saturated carbocycles. The average molecular weight is 480 g/mol. The van der Waals surface area contributed by atoms with Gasteiger partial charge in [-0.25, -0.2) is 8.42 Å². The van der Waals surface area contributed by atoms with Crippen LogP contribution in [-0.2, 0) is 16.6 Å². The first-order valence-corrected chi connectivity index (χ1v) is 11.0. The number of nitro groups is 1. The maximum atomic E-state index is 12.6. The molecule has 0 saturated heterocycles. The Bertz CT molecular complexity index is 1250. The Morgan fingerprint density at radius 2 is 1.68 bits per heavy atom. The molecule has 0 spiro atoms. The number of para-hydroxylation sites is 1. The van der Waals surface area contributed by atoms with Crippen molar-refractivity contribution in [2.24, 2.45) is 0 Å². The summed E-state index contributed by atoms with van der Waals surface area (Å²) in [4.78, 5) is 22.7. The summed E-state index contributed by atoms with van der Waals surface area (Å²) < 4.78 is 27.5. The first-order chi connectivity index (χ1) is 14.7. The summed E-state index contributed by atoms with van der Waals surface area (Å²) in [5.74, 6) is -0.467. The number of hydrogen-bond donors (Lipinski definition) is 2. The Kier molecular flexibility index (Phi) is 6.79. The molecule has 0 aliphatic rings. The van der Waals surface area contributed by atoms with Crippen molar-refractivity contribution in [3.63, 3.8) is 0 Å². The number of halogens is 2. The van der Waals surface area contributed by atoms with Crippen molar-refractivity contribution in [3.05, 3.63) is 98.0 Å². The second-order valence-electron chi connectivity index (χ2n) is 6.33. The standard InChI is InChI=1S/C20H15Cl2N3O5S/c21-15-7-10-17(22)19(11-15)31(29,30)24-16-8-5-13(6-9-16)20(26)23-12-14-3-1-2-4-18(14)25(27)28/h1-11,24H,12H2,(H,23,26). The molecular formula is C20H15Cl2N3O5S. The zero-order valence-electron chi connectivity index (χ0n) is 15.7. The first kappa shape index (κ1) is 22.5. The van der Waals surface area contributed by atoms with Gasteiger partial charge in [-0.3, -0.25) is 19.6 Å². The van der Waals surface area contributed by atoms with Crippen LogP contribution in [0.5, 0.6) is 0 Å². The molecule has 0 atom stereocenters. The third-order valence-corrected chi connectivity index (χ3v) is 6.31. The summed E-state index contributed by atoms with van der Waals surface area (Å²) in [5.41, 5.74) is 0.740. The van der Waals surface area contributed by atoms with Gasteiger partial charge < -0.3 is 5.32 Å². The average Bonchev–Trinajstić information content (AvgIpc) is 2.74. The van der Waals surface area contributed by atoms with Gasteiger partial charge in [-0.15, -0.1) is 0 Å². The molecule has 8 nitrogen and oxygen atoms in total. The highest BCUT2D eigenvalue weighted by molar-refractivity contribution is 7.92. The normalized spacial score (nSPS) is 11.0. The fourth-order valence-corrected chi connectivity index (χ4v) is 4.52. The zero-order chi connectivity index (χ0) is 22.6. The van der Waals surface area contributed by atoms with Gasteiger partial charge in [0, 0.05) is 34.4 Å². The molecule has 3 aromatic carbocycles. The van der Waals surface area contributed by atoms with Gasteiger partial charge >= 0.3 is 0 Å². The molecule has 3 rings (SSSR count). The summed E-state index contributed by atoms with van der Waals surface area (Å²) >= 11 is 11.8. The molecule has 0 heterocycles. The van der Waals surface area contributed by atoms with E-state index in [2.05, 4.69) is 10.0 Å². The number of anilines is 1. The molecule has 0 bridgehead atoms. The van der Waals surface area contributed by atoms with Crippen LogP contribution in [0.2, 0.25) is 10.0 Å². The highest BCUT2D eigenvalue weighted by atomic mass is 35.5. The van der Waals surface area contributed by atoms with Gasteiger partial charge in [0.15, 0.2) is 0 Å². The van der Waals surface area contributed by atoms with Crippen LogP contribution in [0.4, 0.5) is 11.4 Å². The molecule has 160 valence electrons. The van der Waals surface area contributed by atoms with E-state index in [1.807, 2.05) is 0 Å². The van der Waals surface area contributed by atoms with Gasteiger partial charge in [-0.2, -0.15) is 0 Å². The van der Waals surface area contributed by atoms with Crippen molar-refractivity contribution in [2.45, 2.75) is 11.4 Å². The summed E-state index contributed by atoms with van der Waals surface area (Å²) in [5, 5.41) is 13.9. The molecule has 0 unspecified atom stereocenters. The number of rotatable bonds is 7. The summed E-state index contributed by atoms with van der Waals surface area (Å²) in [6.45, 7) is -0.0301. The largest absolute Gasteiger partial charge is 0.348 e. The first-order valence-electron chi connectivity index (χ1n) is 8.76. The number of amides is 1. The van der Waals surface area contributed by atoms with Crippen molar-refractivity contribution in [2.75, 3.05) is 4.72 Å². The second-order valence-corrected chi connectivity index (χ2v) is 8.82. The SMILES string of the molecule is O=C(NCc1ccccc1[N+](=O)[O-])c1ccc(NS(=O)(=O)c2cc(Cl)ccc2Cl)cc1. The zero-order valence-corrected chi connectivity index (χ0v) is 18.0.